The van der Waals surface area contributed by atoms with Crippen molar-refractivity contribution in [1.29, 1.82) is 0 Å². The zero-order chi connectivity index (χ0) is 16.1. The number of hydrogen-bond acceptors (Lipinski definition) is 2. The minimum absolute atomic E-state index is 0.0677. The van der Waals surface area contributed by atoms with Gasteiger partial charge in [0.15, 0.2) is 0 Å². The summed E-state index contributed by atoms with van der Waals surface area (Å²) in [4.78, 5) is 19.5. The SMILES string of the molecule is CCCCCNC(=O)/C=C/c1cc2c(cn1)[nH]c1ccccc12. The van der Waals surface area contributed by atoms with Crippen LogP contribution in [-0.2, 0) is 4.79 Å². The van der Waals surface area contributed by atoms with E-state index in [9.17, 15) is 4.79 Å². The highest BCUT2D eigenvalue weighted by Gasteiger charge is 2.04. The van der Waals surface area contributed by atoms with E-state index in [2.05, 4.69) is 34.3 Å². The molecule has 1 amide bonds. The number of nitrogens with zero attached hydrogens (tertiary/aromatic N) is 1. The second-order valence-electron chi connectivity index (χ2n) is 5.66. The van der Waals surface area contributed by atoms with Crippen LogP contribution in [0.2, 0.25) is 0 Å². The van der Waals surface area contributed by atoms with E-state index in [4.69, 9.17) is 0 Å². The van der Waals surface area contributed by atoms with Crippen molar-refractivity contribution in [1.82, 2.24) is 15.3 Å². The number of para-hydroxylation sites is 1. The van der Waals surface area contributed by atoms with Crippen LogP contribution in [-0.4, -0.2) is 22.4 Å². The number of aromatic amines is 1. The van der Waals surface area contributed by atoms with Crippen LogP contribution in [0.3, 0.4) is 0 Å². The van der Waals surface area contributed by atoms with Crippen LogP contribution in [0.5, 0.6) is 0 Å². The third-order valence-corrected chi connectivity index (χ3v) is 3.90. The summed E-state index contributed by atoms with van der Waals surface area (Å²) < 4.78 is 0. The van der Waals surface area contributed by atoms with Crippen LogP contribution in [0.4, 0.5) is 0 Å². The first-order valence-electron chi connectivity index (χ1n) is 8.10. The van der Waals surface area contributed by atoms with Crippen molar-refractivity contribution >= 4 is 33.8 Å². The first-order valence-corrected chi connectivity index (χ1v) is 8.10. The molecule has 0 aliphatic carbocycles. The van der Waals surface area contributed by atoms with Gasteiger partial charge in [0.2, 0.25) is 5.91 Å². The fourth-order valence-corrected chi connectivity index (χ4v) is 2.66. The lowest BCUT2D eigenvalue weighted by molar-refractivity contribution is -0.116. The number of fused-ring (bicyclic) bond motifs is 3. The molecule has 0 spiro atoms. The van der Waals surface area contributed by atoms with Crippen molar-refractivity contribution in [2.24, 2.45) is 0 Å². The third kappa shape index (κ3) is 3.59. The molecule has 1 aromatic carbocycles. The molecule has 0 unspecified atom stereocenters. The molecule has 0 saturated carbocycles. The van der Waals surface area contributed by atoms with Gasteiger partial charge in [0.05, 0.1) is 17.4 Å². The lowest BCUT2D eigenvalue weighted by Gasteiger charge is -2.00. The molecule has 0 saturated heterocycles. The largest absolute Gasteiger partial charge is 0.353 e. The van der Waals surface area contributed by atoms with Gasteiger partial charge in [-0.3, -0.25) is 9.78 Å². The molecule has 2 N–H and O–H groups in total. The highest BCUT2D eigenvalue weighted by Crippen LogP contribution is 2.25. The van der Waals surface area contributed by atoms with E-state index in [1.807, 2.05) is 24.4 Å². The molecular formula is C19H21N3O. The number of carbonyl (C=O) groups is 1. The Kier molecular flexibility index (Phi) is 4.71. The first kappa shape index (κ1) is 15.3. The van der Waals surface area contributed by atoms with Crippen molar-refractivity contribution in [3.63, 3.8) is 0 Å². The predicted octanol–water partition coefficient (Wildman–Crippen LogP) is 4.04. The average molecular weight is 307 g/mol. The summed E-state index contributed by atoms with van der Waals surface area (Å²) in [6.45, 7) is 2.88. The molecule has 118 valence electrons. The number of pyridine rings is 1. The van der Waals surface area contributed by atoms with E-state index in [0.717, 1.165) is 47.9 Å². The number of hydrogen-bond donors (Lipinski definition) is 2. The molecule has 0 aliphatic heterocycles. The van der Waals surface area contributed by atoms with Gasteiger partial charge in [0.25, 0.3) is 0 Å². The minimum Gasteiger partial charge on any atom is -0.353 e. The van der Waals surface area contributed by atoms with Gasteiger partial charge >= 0.3 is 0 Å². The standard InChI is InChI=1S/C19H21N3O/c1-2-3-6-11-20-19(23)10-9-14-12-16-15-7-4-5-8-17(15)22-18(16)13-21-14/h4-5,7-10,12-13,22H,2-3,6,11H2,1H3,(H,20,23)/b10-9+. The Hall–Kier alpha value is -2.62. The van der Waals surface area contributed by atoms with Gasteiger partial charge < -0.3 is 10.3 Å². The Morgan fingerprint density at radius 3 is 2.96 bits per heavy atom. The van der Waals surface area contributed by atoms with E-state index < -0.39 is 0 Å². The number of unbranched alkanes of at least 4 members (excludes halogenated alkanes) is 2. The van der Waals surface area contributed by atoms with Crippen LogP contribution in [0.25, 0.3) is 27.9 Å². The lowest BCUT2D eigenvalue weighted by Crippen LogP contribution is -2.21. The molecule has 4 heteroatoms. The number of aromatic nitrogens is 2. The zero-order valence-electron chi connectivity index (χ0n) is 13.3. The number of amides is 1. The maximum absolute atomic E-state index is 11.8. The van der Waals surface area contributed by atoms with Crippen molar-refractivity contribution in [2.45, 2.75) is 26.2 Å². The van der Waals surface area contributed by atoms with Crippen LogP contribution >= 0.6 is 0 Å². The van der Waals surface area contributed by atoms with Gasteiger partial charge in [-0.1, -0.05) is 38.0 Å². The van der Waals surface area contributed by atoms with E-state index in [-0.39, 0.29) is 5.91 Å². The topological polar surface area (TPSA) is 57.8 Å². The van der Waals surface area contributed by atoms with Crippen molar-refractivity contribution in [2.75, 3.05) is 6.54 Å². The average Bonchev–Trinajstić information content (AvgIpc) is 2.95. The Labute approximate surface area is 135 Å². The van der Waals surface area contributed by atoms with Gasteiger partial charge in [0, 0.05) is 28.9 Å². The Morgan fingerprint density at radius 1 is 1.22 bits per heavy atom. The number of H-pyrrole nitrogens is 1. The van der Waals surface area contributed by atoms with Crippen molar-refractivity contribution in [3.8, 4) is 0 Å². The van der Waals surface area contributed by atoms with E-state index in [1.54, 1.807) is 12.2 Å². The van der Waals surface area contributed by atoms with Gasteiger partial charge in [-0.05, 0) is 24.6 Å². The Morgan fingerprint density at radius 2 is 2.09 bits per heavy atom. The lowest BCUT2D eigenvalue weighted by atomic mass is 10.1. The van der Waals surface area contributed by atoms with Crippen molar-refractivity contribution < 1.29 is 4.79 Å². The fourth-order valence-electron chi connectivity index (χ4n) is 2.66. The molecule has 3 aromatic rings. The molecule has 4 nitrogen and oxygen atoms in total. The molecule has 0 bridgehead atoms. The predicted molar refractivity (Wildman–Crippen MR) is 95.2 cm³/mol. The van der Waals surface area contributed by atoms with Gasteiger partial charge in [-0.2, -0.15) is 0 Å². The Balaban J connectivity index is 1.74. The highest BCUT2D eigenvalue weighted by atomic mass is 16.1. The smallest absolute Gasteiger partial charge is 0.244 e. The normalized spacial score (nSPS) is 11.5. The second kappa shape index (κ2) is 7.09. The van der Waals surface area contributed by atoms with Crippen LogP contribution in [0.1, 0.15) is 31.9 Å². The quantitative estimate of drug-likeness (QED) is 0.533. The van der Waals surface area contributed by atoms with E-state index in [0.29, 0.717) is 0 Å². The summed E-state index contributed by atoms with van der Waals surface area (Å²) >= 11 is 0. The molecule has 2 aromatic heterocycles. The number of benzene rings is 1. The summed E-state index contributed by atoms with van der Waals surface area (Å²) in [5.41, 5.74) is 2.89. The summed E-state index contributed by atoms with van der Waals surface area (Å²) in [7, 11) is 0. The summed E-state index contributed by atoms with van der Waals surface area (Å²) in [6, 6.07) is 10.2. The molecule has 2 heterocycles. The van der Waals surface area contributed by atoms with Gasteiger partial charge in [-0.15, -0.1) is 0 Å². The first-order chi connectivity index (χ1) is 11.3. The maximum atomic E-state index is 11.8. The molecule has 0 aliphatic rings. The molecule has 0 fully saturated rings. The Bertz CT molecular complexity index is 848. The summed E-state index contributed by atoms with van der Waals surface area (Å²) in [6.07, 6.45) is 8.44. The number of rotatable bonds is 6. The minimum atomic E-state index is -0.0677. The third-order valence-electron chi connectivity index (χ3n) is 3.90. The number of carbonyl (C=O) groups excluding carboxylic acids is 1. The molecule has 0 atom stereocenters. The number of nitrogens with one attached hydrogen (secondary N) is 2. The summed E-state index contributed by atoms with van der Waals surface area (Å²) in [5.74, 6) is -0.0677. The molecule has 23 heavy (non-hydrogen) atoms. The molecular weight excluding hydrogens is 286 g/mol. The van der Waals surface area contributed by atoms with Gasteiger partial charge in [0.1, 0.15) is 0 Å². The van der Waals surface area contributed by atoms with Gasteiger partial charge in [-0.25, -0.2) is 0 Å². The van der Waals surface area contributed by atoms with E-state index in [1.165, 1.54) is 5.39 Å². The fraction of sp³-hybridized carbons (Fsp3) is 0.263. The molecule has 0 radical (unpaired) electrons. The van der Waals surface area contributed by atoms with Crippen LogP contribution in [0.15, 0.2) is 42.6 Å². The van der Waals surface area contributed by atoms with E-state index >= 15 is 0 Å². The second-order valence-corrected chi connectivity index (χ2v) is 5.66. The van der Waals surface area contributed by atoms with Crippen molar-refractivity contribution in [3.05, 3.63) is 48.3 Å². The maximum Gasteiger partial charge on any atom is 0.244 e. The van der Waals surface area contributed by atoms with Crippen LogP contribution < -0.4 is 5.32 Å². The zero-order valence-corrected chi connectivity index (χ0v) is 13.3. The highest BCUT2D eigenvalue weighted by molar-refractivity contribution is 6.07. The van der Waals surface area contributed by atoms with Crippen LogP contribution in [0, 0.1) is 0 Å². The summed E-state index contributed by atoms with van der Waals surface area (Å²) in [5, 5.41) is 5.18. The molecule has 3 rings (SSSR count). The monoisotopic (exact) mass is 307 g/mol.